The lowest BCUT2D eigenvalue weighted by atomic mass is 9.98. The number of carbonyl (C=O) groups is 1. The van der Waals surface area contributed by atoms with Crippen LogP contribution in [0.15, 0.2) is 24.3 Å². The first-order valence-corrected chi connectivity index (χ1v) is 7.17. The maximum absolute atomic E-state index is 12.5. The summed E-state index contributed by atoms with van der Waals surface area (Å²) in [6.07, 6.45) is 0.828. The highest BCUT2D eigenvalue weighted by molar-refractivity contribution is 7.80. The van der Waals surface area contributed by atoms with Gasteiger partial charge in [-0.1, -0.05) is 39.0 Å². The van der Waals surface area contributed by atoms with E-state index in [-0.39, 0.29) is 11.8 Å². The molecule has 0 saturated carbocycles. The first-order valence-electron chi connectivity index (χ1n) is 6.77. The molecule has 1 N–H and O–H groups in total. The minimum absolute atomic E-state index is 0.00641. The second-order valence-electron chi connectivity index (χ2n) is 5.18. The predicted molar refractivity (Wildman–Crippen MR) is 82.4 cm³/mol. The summed E-state index contributed by atoms with van der Waals surface area (Å²) in [5.74, 6) is 0.472. The molecule has 102 valence electrons. The van der Waals surface area contributed by atoms with E-state index in [2.05, 4.69) is 25.2 Å². The molecular formula is C15H20N2OS. The Labute approximate surface area is 120 Å². The van der Waals surface area contributed by atoms with Gasteiger partial charge in [-0.25, -0.2) is 0 Å². The number of benzene rings is 1. The number of rotatable bonds is 3. The van der Waals surface area contributed by atoms with Crippen LogP contribution in [0.4, 0.5) is 5.69 Å². The van der Waals surface area contributed by atoms with Crippen LogP contribution >= 0.6 is 12.2 Å². The van der Waals surface area contributed by atoms with Gasteiger partial charge in [0, 0.05) is 6.54 Å². The van der Waals surface area contributed by atoms with Crippen molar-refractivity contribution < 1.29 is 4.79 Å². The summed E-state index contributed by atoms with van der Waals surface area (Å²) in [5.41, 5.74) is 2.06. The lowest BCUT2D eigenvalue weighted by Gasteiger charge is -2.34. The van der Waals surface area contributed by atoms with Crippen molar-refractivity contribution in [3.63, 3.8) is 0 Å². The summed E-state index contributed by atoms with van der Waals surface area (Å²) in [6.45, 7) is 6.93. The number of nitrogens with zero attached hydrogens (tertiary/aromatic N) is 1. The molecule has 0 aliphatic carbocycles. The van der Waals surface area contributed by atoms with Crippen LogP contribution in [-0.2, 0) is 4.79 Å². The van der Waals surface area contributed by atoms with Crippen LogP contribution in [0.3, 0.4) is 0 Å². The summed E-state index contributed by atoms with van der Waals surface area (Å²) in [7, 11) is 0. The minimum atomic E-state index is 0.00641. The molecular weight excluding hydrogens is 256 g/mol. The van der Waals surface area contributed by atoms with Crippen molar-refractivity contribution in [2.45, 2.75) is 33.1 Å². The van der Waals surface area contributed by atoms with Crippen molar-refractivity contribution >= 4 is 28.9 Å². The molecule has 1 aliphatic heterocycles. The Kier molecular flexibility index (Phi) is 4.20. The zero-order valence-electron chi connectivity index (χ0n) is 11.6. The number of para-hydroxylation sites is 1. The van der Waals surface area contributed by atoms with Crippen molar-refractivity contribution in [2.24, 2.45) is 5.92 Å². The van der Waals surface area contributed by atoms with Crippen molar-refractivity contribution in [3.8, 4) is 0 Å². The topological polar surface area (TPSA) is 32.3 Å². The van der Waals surface area contributed by atoms with Crippen LogP contribution in [0.5, 0.6) is 0 Å². The van der Waals surface area contributed by atoms with Gasteiger partial charge in [0.1, 0.15) is 0 Å². The van der Waals surface area contributed by atoms with Crippen molar-refractivity contribution in [3.05, 3.63) is 29.8 Å². The van der Waals surface area contributed by atoms with Crippen LogP contribution in [0.25, 0.3) is 0 Å². The first-order chi connectivity index (χ1) is 9.06. The highest BCUT2D eigenvalue weighted by atomic mass is 32.1. The summed E-state index contributed by atoms with van der Waals surface area (Å²) < 4.78 is 0. The third-order valence-corrected chi connectivity index (χ3v) is 3.89. The molecule has 4 heteroatoms. The SMILES string of the molecule is CCC1CNC(=S)N(c2ccccc2C(C)C)C1=O. The van der Waals surface area contributed by atoms with Crippen LogP contribution in [0.1, 0.15) is 38.7 Å². The summed E-state index contributed by atoms with van der Waals surface area (Å²) in [4.78, 5) is 14.2. The fourth-order valence-corrected chi connectivity index (χ4v) is 2.66. The largest absolute Gasteiger partial charge is 0.361 e. The van der Waals surface area contributed by atoms with Gasteiger partial charge in [-0.2, -0.15) is 0 Å². The number of amides is 1. The molecule has 1 amide bonds. The van der Waals surface area contributed by atoms with Gasteiger partial charge in [0.2, 0.25) is 5.91 Å². The fourth-order valence-electron chi connectivity index (χ4n) is 2.39. The monoisotopic (exact) mass is 276 g/mol. The Balaban J connectivity index is 2.44. The zero-order chi connectivity index (χ0) is 14.0. The quantitative estimate of drug-likeness (QED) is 0.861. The molecule has 1 aliphatic rings. The lowest BCUT2D eigenvalue weighted by molar-refractivity contribution is -0.121. The van der Waals surface area contributed by atoms with E-state index in [4.69, 9.17) is 12.2 Å². The van der Waals surface area contributed by atoms with E-state index in [1.54, 1.807) is 4.90 Å². The molecule has 3 nitrogen and oxygen atoms in total. The third-order valence-electron chi connectivity index (χ3n) is 3.56. The van der Waals surface area contributed by atoms with Crippen molar-refractivity contribution in [2.75, 3.05) is 11.4 Å². The van der Waals surface area contributed by atoms with Gasteiger partial charge in [-0.05, 0) is 36.2 Å². The van der Waals surface area contributed by atoms with Gasteiger partial charge in [0.05, 0.1) is 11.6 Å². The molecule has 0 spiro atoms. The summed E-state index contributed by atoms with van der Waals surface area (Å²) >= 11 is 5.33. The first kappa shape index (κ1) is 14.0. The number of carbonyl (C=O) groups excluding carboxylic acids is 1. The molecule has 1 aromatic rings. The number of hydrogen-bond acceptors (Lipinski definition) is 2. The second-order valence-corrected chi connectivity index (χ2v) is 5.57. The van der Waals surface area contributed by atoms with E-state index in [9.17, 15) is 4.79 Å². The molecule has 0 aromatic heterocycles. The normalized spacial score (nSPS) is 19.8. The van der Waals surface area contributed by atoms with Crippen LogP contribution < -0.4 is 10.2 Å². The lowest BCUT2D eigenvalue weighted by Crippen LogP contribution is -2.55. The van der Waals surface area contributed by atoms with Crippen LogP contribution in [-0.4, -0.2) is 17.6 Å². The molecule has 1 atom stereocenters. The van der Waals surface area contributed by atoms with Gasteiger partial charge in [0.15, 0.2) is 5.11 Å². The Bertz CT molecular complexity index is 499. The van der Waals surface area contributed by atoms with Crippen LogP contribution in [0, 0.1) is 5.92 Å². The van der Waals surface area contributed by atoms with E-state index in [0.717, 1.165) is 17.7 Å². The molecule has 2 rings (SSSR count). The molecule has 1 fully saturated rings. The smallest absolute Gasteiger partial charge is 0.238 e. The molecule has 0 bridgehead atoms. The molecule has 1 saturated heterocycles. The molecule has 1 aromatic carbocycles. The van der Waals surface area contributed by atoms with Gasteiger partial charge >= 0.3 is 0 Å². The molecule has 19 heavy (non-hydrogen) atoms. The average molecular weight is 276 g/mol. The second kappa shape index (κ2) is 5.70. The van der Waals surface area contributed by atoms with Gasteiger partial charge in [-0.15, -0.1) is 0 Å². The standard InChI is InChI=1S/C15H20N2OS/c1-4-11-9-16-15(19)17(14(11)18)13-8-6-5-7-12(13)10(2)3/h5-8,10-11H,4,9H2,1-3H3,(H,16,19). The Morgan fingerprint density at radius 1 is 1.42 bits per heavy atom. The number of nitrogens with one attached hydrogen (secondary N) is 1. The molecule has 0 radical (unpaired) electrons. The fraction of sp³-hybridized carbons (Fsp3) is 0.467. The van der Waals surface area contributed by atoms with Crippen LogP contribution in [0.2, 0.25) is 0 Å². The average Bonchev–Trinajstić information content (AvgIpc) is 2.39. The Morgan fingerprint density at radius 3 is 2.74 bits per heavy atom. The van der Waals surface area contributed by atoms with E-state index >= 15 is 0 Å². The summed E-state index contributed by atoms with van der Waals surface area (Å²) in [6, 6.07) is 7.98. The number of anilines is 1. The Morgan fingerprint density at radius 2 is 2.11 bits per heavy atom. The highest BCUT2D eigenvalue weighted by Crippen LogP contribution is 2.30. The third kappa shape index (κ3) is 2.63. The highest BCUT2D eigenvalue weighted by Gasteiger charge is 2.33. The molecule has 1 heterocycles. The maximum atomic E-state index is 12.5. The van der Waals surface area contributed by atoms with Crippen molar-refractivity contribution in [1.29, 1.82) is 0 Å². The predicted octanol–water partition coefficient (Wildman–Crippen LogP) is 3.06. The number of hydrogen-bond donors (Lipinski definition) is 1. The minimum Gasteiger partial charge on any atom is -0.361 e. The van der Waals surface area contributed by atoms with Gasteiger partial charge in [0.25, 0.3) is 0 Å². The van der Waals surface area contributed by atoms with E-state index in [0.29, 0.717) is 17.6 Å². The van der Waals surface area contributed by atoms with Gasteiger partial charge < -0.3 is 5.32 Å². The zero-order valence-corrected chi connectivity index (χ0v) is 12.5. The Hall–Kier alpha value is -1.42. The van der Waals surface area contributed by atoms with E-state index < -0.39 is 0 Å². The van der Waals surface area contributed by atoms with E-state index in [1.807, 2.05) is 25.1 Å². The van der Waals surface area contributed by atoms with Crippen molar-refractivity contribution in [1.82, 2.24) is 5.32 Å². The maximum Gasteiger partial charge on any atom is 0.238 e. The van der Waals surface area contributed by atoms with Gasteiger partial charge in [-0.3, -0.25) is 9.69 Å². The summed E-state index contributed by atoms with van der Waals surface area (Å²) in [5, 5.41) is 3.68. The molecule has 1 unspecified atom stereocenters. The van der Waals surface area contributed by atoms with E-state index in [1.165, 1.54) is 0 Å². The number of thiocarbonyl (C=S) groups is 1.